The van der Waals surface area contributed by atoms with E-state index in [0.29, 0.717) is 22.6 Å². The molecule has 0 saturated carbocycles. The van der Waals surface area contributed by atoms with Crippen LogP contribution in [0, 0.1) is 17.8 Å². The van der Waals surface area contributed by atoms with Crippen molar-refractivity contribution in [2.45, 2.75) is 62.3 Å². The molecule has 2 aliphatic rings. The van der Waals surface area contributed by atoms with Crippen LogP contribution in [-0.2, 0) is 24.4 Å². The van der Waals surface area contributed by atoms with E-state index in [1.165, 1.54) is 6.07 Å². The molecule has 0 aromatic heterocycles. The molecular formula is C31H45N5O6S. The Labute approximate surface area is 254 Å². The molecule has 0 aliphatic carbocycles. The van der Waals surface area contributed by atoms with Gasteiger partial charge in [0.05, 0.1) is 11.4 Å². The minimum absolute atomic E-state index is 0.0459. The van der Waals surface area contributed by atoms with Crippen molar-refractivity contribution in [3.8, 4) is 0 Å². The Hall–Kier alpha value is -3.06. The predicted molar refractivity (Wildman–Crippen MR) is 165 cm³/mol. The molecule has 0 spiro atoms. The summed E-state index contributed by atoms with van der Waals surface area (Å²) >= 11 is 0. The van der Waals surface area contributed by atoms with Crippen molar-refractivity contribution >= 4 is 38.6 Å². The van der Waals surface area contributed by atoms with Crippen molar-refractivity contribution in [2.24, 2.45) is 17.8 Å². The van der Waals surface area contributed by atoms with Gasteiger partial charge in [-0.2, -0.15) is 4.72 Å². The Morgan fingerprint density at radius 2 is 1.42 bits per heavy atom. The Kier molecular flexibility index (Phi) is 12.3. The topological polar surface area (TPSA) is 166 Å². The van der Waals surface area contributed by atoms with Crippen LogP contribution in [0.15, 0.2) is 47.4 Å². The first-order valence-electron chi connectivity index (χ1n) is 15.4. The lowest BCUT2D eigenvalue weighted by Gasteiger charge is -2.27. The number of nitrogens with one attached hydrogen (secondary N) is 5. The van der Waals surface area contributed by atoms with Crippen molar-refractivity contribution in [3.05, 3.63) is 42.5 Å². The van der Waals surface area contributed by atoms with Gasteiger partial charge in [0.1, 0.15) is 6.04 Å². The molecule has 2 amide bonds. The number of amides is 2. The van der Waals surface area contributed by atoms with Gasteiger partial charge in [-0.3, -0.25) is 14.4 Å². The van der Waals surface area contributed by atoms with Crippen LogP contribution < -0.4 is 26.0 Å². The SMILES string of the molecule is O=C(CNC(=O)C(CCC1CCNCC1)CCC1CCNCC1)NCC(NS(=O)(=O)c1cccc2ccccc12)C(=O)O. The first-order chi connectivity index (χ1) is 20.7. The van der Waals surface area contributed by atoms with Gasteiger partial charge in [0, 0.05) is 17.8 Å². The van der Waals surface area contributed by atoms with E-state index in [9.17, 15) is 27.9 Å². The summed E-state index contributed by atoms with van der Waals surface area (Å²) < 4.78 is 28.4. The largest absolute Gasteiger partial charge is 0.480 e. The second-order valence-corrected chi connectivity index (χ2v) is 13.4. The maximum Gasteiger partial charge on any atom is 0.323 e. The fourth-order valence-corrected chi connectivity index (χ4v) is 7.49. The smallest absolute Gasteiger partial charge is 0.323 e. The molecule has 6 N–H and O–H groups in total. The molecule has 0 bridgehead atoms. The van der Waals surface area contributed by atoms with Crippen LogP contribution in [0.4, 0.5) is 0 Å². The highest BCUT2D eigenvalue weighted by atomic mass is 32.2. The zero-order valence-corrected chi connectivity index (χ0v) is 25.5. The van der Waals surface area contributed by atoms with Crippen LogP contribution in [0.2, 0.25) is 0 Å². The summed E-state index contributed by atoms with van der Waals surface area (Å²) in [6, 6.07) is 10.1. The summed E-state index contributed by atoms with van der Waals surface area (Å²) in [4.78, 5) is 37.6. The van der Waals surface area contributed by atoms with Gasteiger partial charge in [0.25, 0.3) is 0 Å². The first-order valence-corrected chi connectivity index (χ1v) is 16.9. The van der Waals surface area contributed by atoms with Crippen molar-refractivity contribution in [2.75, 3.05) is 39.3 Å². The van der Waals surface area contributed by atoms with E-state index in [1.807, 2.05) is 0 Å². The van der Waals surface area contributed by atoms with E-state index in [-0.39, 0.29) is 23.3 Å². The summed E-state index contributed by atoms with van der Waals surface area (Å²) in [5.74, 6) is -1.15. The lowest BCUT2D eigenvalue weighted by molar-refractivity contribution is -0.139. The standard InChI is InChI=1S/C31H45N5O6S/c37-29(34-20-27(31(39)40)36-43(41,42)28-7-3-5-24-4-1-2-6-26(24)28)21-35-30(38)25(10-8-22-12-16-32-17-13-22)11-9-23-14-18-33-19-15-23/h1-7,22-23,25,27,32-33,36H,8-21H2,(H,34,37)(H,35,38)(H,39,40). The molecule has 11 nitrogen and oxygen atoms in total. The number of rotatable bonds is 15. The Bertz CT molecular complexity index is 1310. The van der Waals surface area contributed by atoms with Crippen LogP contribution >= 0.6 is 0 Å². The third-order valence-corrected chi connectivity index (χ3v) is 10.2. The third-order valence-electron chi connectivity index (χ3n) is 8.70. The average molecular weight is 616 g/mol. The van der Waals surface area contributed by atoms with Crippen molar-refractivity contribution in [1.29, 1.82) is 0 Å². The number of sulfonamides is 1. The maximum absolute atomic E-state index is 13.2. The van der Waals surface area contributed by atoms with Gasteiger partial charge in [-0.15, -0.1) is 0 Å². The summed E-state index contributed by atoms with van der Waals surface area (Å²) in [7, 11) is -4.21. The highest BCUT2D eigenvalue weighted by molar-refractivity contribution is 7.89. The van der Waals surface area contributed by atoms with Gasteiger partial charge in [-0.05, 0) is 101 Å². The van der Waals surface area contributed by atoms with E-state index in [0.717, 1.165) is 77.5 Å². The van der Waals surface area contributed by atoms with E-state index in [1.54, 1.807) is 36.4 Å². The van der Waals surface area contributed by atoms with E-state index < -0.39 is 34.5 Å². The van der Waals surface area contributed by atoms with E-state index in [4.69, 9.17) is 0 Å². The third kappa shape index (κ3) is 9.99. The van der Waals surface area contributed by atoms with E-state index in [2.05, 4.69) is 26.0 Å². The molecule has 2 heterocycles. The van der Waals surface area contributed by atoms with Gasteiger partial charge in [0.2, 0.25) is 21.8 Å². The number of hydrogen-bond donors (Lipinski definition) is 6. The Morgan fingerprint density at radius 3 is 2.02 bits per heavy atom. The molecule has 2 aromatic rings. The van der Waals surface area contributed by atoms with Gasteiger partial charge < -0.3 is 26.4 Å². The number of carboxylic acid groups (broad SMARTS) is 1. The highest BCUT2D eigenvalue weighted by Gasteiger charge is 2.28. The van der Waals surface area contributed by atoms with Crippen molar-refractivity contribution < 1.29 is 27.9 Å². The summed E-state index contributed by atoms with van der Waals surface area (Å²) in [6.45, 7) is 3.25. The van der Waals surface area contributed by atoms with Crippen LogP contribution in [0.25, 0.3) is 10.8 Å². The van der Waals surface area contributed by atoms with Crippen molar-refractivity contribution in [1.82, 2.24) is 26.0 Å². The monoisotopic (exact) mass is 615 g/mol. The van der Waals surface area contributed by atoms with Crippen LogP contribution in [0.3, 0.4) is 0 Å². The zero-order chi connectivity index (χ0) is 30.7. The lowest BCUT2D eigenvalue weighted by Crippen LogP contribution is -2.50. The molecule has 12 heteroatoms. The highest BCUT2D eigenvalue weighted by Crippen LogP contribution is 2.27. The minimum atomic E-state index is -4.21. The molecule has 0 radical (unpaired) electrons. The summed E-state index contributed by atoms with van der Waals surface area (Å²) in [6.07, 6.45) is 7.96. The van der Waals surface area contributed by atoms with E-state index >= 15 is 0 Å². The number of benzene rings is 2. The predicted octanol–water partition coefficient (Wildman–Crippen LogP) is 1.98. The Morgan fingerprint density at radius 1 is 0.837 bits per heavy atom. The van der Waals surface area contributed by atoms with Crippen LogP contribution in [0.5, 0.6) is 0 Å². The fourth-order valence-electron chi connectivity index (χ4n) is 6.07. The summed E-state index contributed by atoms with van der Waals surface area (Å²) in [5.41, 5.74) is 0. The fraction of sp³-hybridized carbons (Fsp3) is 0.581. The number of hydrogen-bond acceptors (Lipinski definition) is 7. The number of aliphatic carboxylic acids is 1. The van der Waals surface area contributed by atoms with Crippen LogP contribution in [-0.4, -0.2) is 76.6 Å². The maximum atomic E-state index is 13.2. The molecule has 4 rings (SSSR count). The summed E-state index contributed by atoms with van der Waals surface area (Å²) in [5, 5.41) is 22.8. The molecule has 2 aliphatic heterocycles. The number of carbonyl (C=O) groups is 3. The molecule has 1 unspecified atom stereocenters. The minimum Gasteiger partial charge on any atom is -0.480 e. The number of carboxylic acids is 1. The van der Waals surface area contributed by atoms with Crippen molar-refractivity contribution in [3.63, 3.8) is 0 Å². The molecule has 43 heavy (non-hydrogen) atoms. The van der Waals surface area contributed by atoms with Gasteiger partial charge in [0.15, 0.2) is 0 Å². The molecule has 1 atom stereocenters. The molecule has 2 saturated heterocycles. The molecule has 2 aromatic carbocycles. The molecule has 236 valence electrons. The number of carbonyl (C=O) groups excluding carboxylic acids is 2. The number of piperidine rings is 2. The zero-order valence-electron chi connectivity index (χ0n) is 24.6. The second-order valence-electron chi connectivity index (χ2n) is 11.7. The Balaban J connectivity index is 1.29. The normalized spacial score (nSPS) is 17.5. The lowest BCUT2D eigenvalue weighted by atomic mass is 9.84. The quantitative estimate of drug-likeness (QED) is 0.177. The number of fused-ring (bicyclic) bond motifs is 1. The molecular weight excluding hydrogens is 570 g/mol. The van der Waals surface area contributed by atoms with Crippen LogP contribution in [0.1, 0.15) is 51.4 Å². The van der Waals surface area contributed by atoms with Gasteiger partial charge >= 0.3 is 5.97 Å². The first kappa shape index (κ1) is 32.8. The molecule has 2 fully saturated rings. The van der Waals surface area contributed by atoms with Gasteiger partial charge in [-0.1, -0.05) is 36.4 Å². The second kappa shape index (κ2) is 16.1. The van der Waals surface area contributed by atoms with Gasteiger partial charge in [-0.25, -0.2) is 8.42 Å². The average Bonchev–Trinajstić information content (AvgIpc) is 3.02.